The number of aryl methyl sites for hydroxylation is 1. The summed E-state index contributed by atoms with van der Waals surface area (Å²) in [5.41, 5.74) is 1.92. The number of nitrogens with one attached hydrogen (secondary N) is 1. The SMILES string of the molecule is CNc1nc(C)cn1-c1cc(Cl)ccc1Br. The van der Waals surface area contributed by atoms with E-state index >= 15 is 0 Å². The van der Waals surface area contributed by atoms with E-state index in [-0.39, 0.29) is 0 Å². The molecule has 0 bridgehead atoms. The molecule has 1 aromatic heterocycles. The van der Waals surface area contributed by atoms with Gasteiger partial charge in [-0.05, 0) is 41.1 Å². The van der Waals surface area contributed by atoms with E-state index in [1.165, 1.54) is 0 Å². The number of benzene rings is 1. The first kappa shape index (κ1) is 11.5. The molecule has 84 valence electrons. The van der Waals surface area contributed by atoms with Crippen molar-refractivity contribution in [3.8, 4) is 5.69 Å². The Morgan fingerprint density at radius 3 is 2.88 bits per heavy atom. The van der Waals surface area contributed by atoms with Crippen molar-refractivity contribution in [3.63, 3.8) is 0 Å². The summed E-state index contributed by atoms with van der Waals surface area (Å²) < 4.78 is 2.94. The van der Waals surface area contributed by atoms with Crippen molar-refractivity contribution in [1.29, 1.82) is 0 Å². The zero-order chi connectivity index (χ0) is 11.7. The Bertz CT molecular complexity index is 522. The highest BCUT2D eigenvalue weighted by molar-refractivity contribution is 9.10. The van der Waals surface area contributed by atoms with Crippen LogP contribution in [0.25, 0.3) is 5.69 Å². The molecule has 0 atom stereocenters. The van der Waals surface area contributed by atoms with E-state index in [2.05, 4.69) is 26.2 Å². The van der Waals surface area contributed by atoms with Crippen LogP contribution in [0, 0.1) is 6.92 Å². The Balaban J connectivity index is 2.61. The normalized spacial score (nSPS) is 10.5. The van der Waals surface area contributed by atoms with Gasteiger partial charge in [0.25, 0.3) is 0 Å². The molecule has 2 rings (SSSR count). The average molecular weight is 301 g/mol. The molecular weight excluding hydrogens is 289 g/mol. The predicted molar refractivity (Wildman–Crippen MR) is 70.6 cm³/mol. The van der Waals surface area contributed by atoms with Crippen molar-refractivity contribution in [3.05, 3.63) is 39.6 Å². The zero-order valence-electron chi connectivity index (χ0n) is 8.96. The fraction of sp³-hybridized carbons (Fsp3) is 0.182. The van der Waals surface area contributed by atoms with Gasteiger partial charge in [-0.3, -0.25) is 4.57 Å². The third-order valence-corrected chi connectivity index (χ3v) is 3.12. The molecule has 0 spiro atoms. The van der Waals surface area contributed by atoms with E-state index in [0.717, 1.165) is 21.8 Å². The molecule has 3 nitrogen and oxygen atoms in total. The Morgan fingerprint density at radius 1 is 1.44 bits per heavy atom. The van der Waals surface area contributed by atoms with Crippen LogP contribution >= 0.6 is 27.5 Å². The number of aromatic nitrogens is 2. The van der Waals surface area contributed by atoms with E-state index in [4.69, 9.17) is 11.6 Å². The molecule has 0 saturated carbocycles. The first-order chi connectivity index (χ1) is 7.61. The van der Waals surface area contributed by atoms with Crippen LogP contribution in [0.5, 0.6) is 0 Å². The van der Waals surface area contributed by atoms with E-state index in [9.17, 15) is 0 Å². The Hall–Kier alpha value is -1.000. The van der Waals surface area contributed by atoms with Crippen molar-refractivity contribution >= 4 is 33.5 Å². The Kier molecular flexibility index (Phi) is 3.21. The summed E-state index contributed by atoms with van der Waals surface area (Å²) in [5, 5.41) is 3.75. The summed E-state index contributed by atoms with van der Waals surface area (Å²) in [5.74, 6) is 0.792. The molecule has 0 aliphatic heterocycles. The molecular formula is C11H11BrClN3. The minimum atomic E-state index is 0.701. The van der Waals surface area contributed by atoms with Crippen LogP contribution in [0.3, 0.4) is 0 Å². The minimum absolute atomic E-state index is 0.701. The second-order valence-electron chi connectivity index (χ2n) is 3.42. The van der Waals surface area contributed by atoms with Crippen LogP contribution < -0.4 is 5.32 Å². The first-order valence-corrected chi connectivity index (χ1v) is 5.98. The standard InChI is InChI=1S/C11H11BrClN3/c1-7-6-16(11(14-2)15-7)10-5-8(13)3-4-9(10)12/h3-6H,1-2H3,(H,14,15). The fourth-order valence-electron chi connectivity index (χ4n) is 1.53. The zero-order valence-corrected chi connectivity index (χ0v) is 11.3. The summed E-state index contributed by atoms with van der Waals surface area (Å²) >= 11 is 9.50. The molecule has 0 saturated heterocycles. The third kappa shape index (κ3) is 2.08. The molecule has 2 aromatic rings. The van der Waals surface area contributed by atoms with Crippen molar-refractivity contribution in [2.24, 2.45) is 0 Å². The van der Waals surface area contributed by atoms with E-state index in [1.54, 1.807) is 0 Å². The van der Waals surface area contributed by atoms with Crippen molar-refractivity contribution < 1.29 is 0 Å². The van der Waals surface area contributed by atoms with Gasteiger partial charge in [0.15, 0.2) is 0 Å². The van der Waals surface area contributed by atoms with Crippen LogP contribution in [0.15, 0.2) is 28.9 Å². The van der Waals surface area contributed by atoms with Crippen LogP contribution in [-0.2, 0) is 0 Å². The lowest BCUT2D eigenvalue weighted by Crippen LogP contribution is -2.01. The summed E-state index contributed by atoms with van der Waals surface area (Å²) in [6, 6.07) is 5.66. The van der Waals surface area contributed by atoms with Crippen molar-refractivity contribution in [2.75, 3.05) is 12.4 Å². The van der Waals surface area contributed by atoms with Crippen molar-refractivity contribution in [2.45, 2.75) is 6.92 Å². The van der Waals surface area contributed by atoms with Crippen molar-refractivity contribution in [1.82, 2.24) is 9.55 Å². The molecule has 0 aliphatic carbocycles. The highest BCUT2D eigenvalue weighted by atomic mass is 79.9. The Labute approximate surface area is 108 Å². The lowest BCUT2D eigenvalue weighted by atomic mass is 10.3. The summed E-state index contributed by atoms with van der Waals surface area (Å²) in [6.07, 6.45) is 1.96. The van der Waals surface area contributed by atoms with E-state index < -0.39 is 0 Å². The summed E-state index contributed by atoms with van der Waals surface area (Å²) in [7, 11) is 1.84. The lowest BCUT2D eigenvalue weighted by Gasteiger charge is -2.09. The second-order valence-corrected chi connectivity index (χ2v) is 4.71. The Morgan fingerprint density at radius 2 is 2.19 bits per heavy atom. The van der Waals surface area contributed by atoms with Crippen LogP contribution in [0.1, 0.15) is 5.69 Å². The molecule has 0 fully saturated rings. The number of hydrogen-bond acceptors (Lipinski definition) is 2. The van der Waals surface area contributed by atoms with Gasteiger partial charge in [0.05, 0.1) is 11.4 Å². The van der Waals surface area contributed by atoms with Gasteiger partial charge in [0.2, 0.25) is 5.95 Å². The van der Waals surface area contributed by atoms with Gasteiger partial charge in [-0.2, -0.15) is 0 Å². The highest BCUT2D eigenvalue weighted by Gasteiger charge is 2.09. The highest BCUT2D eigenvalue weighted by Crippen LogP contribution is 2.27. The molecule has 5 heteroatoms. The number of hydrogen-bond donors (Lipinski definition) is 1. The maximum absolute atomic E-state index is 5.99. The number of halogens is 2. The number of nitrogens with zero attached hydrogens (tertiary/aromatic N) is 2. The monoisotopic (exact) mass is 299 g/mol. The number of rotatable bonds is 2. The minimum Gasteiger partial charge on any atom is -0.358 e. The summed E-state index contributed by atoms with van der Waals surface area (Å²) in [6.45, 7) is 1.95. The van der Waals surface area contributed by atoms with Gasteiger partial charge >= 0.3 is 0 Å². The van der Waals surface area contributed by atoms with Gasteiger partial charge in [0.1, 0.15) is 0 Å². The molecule has 1 aromatic carbocycles. The molecule has 0 radical (unpaired) electrons. The maximum atomic E-state index is 5.99. The first-order valence-electron chi connectivity index (χ1n) is 4.81. The number of imidazole rings is 1. The maximum Gasteiger partial charge on any atom is 0.207 e. The van der Waals surface area contributed by atoms with E-state index in [1.807, 2.05) is 42.9 Å². The van der Waals surface area contributed by atoms with Gasteiger partial charge in [0, 0.05) is 22.7 Å². The van der Waals surface area contributed by atoms with Crippen LogP contribution in [0.4, 0.5) is 5.95 Å². The lowest BCUT2D eigenvalue weighted by molar-refractivity contribution is 1.05. The van der Waals surface area contributed by atoms with Gasteiger partial charge < -0.3 is 5.32 Å². The molecule has 0 aliphatic rings. The van der Waals surface area contributed by atoms with Gasteiger partial charge in [-0.25, -0.2) is 4.98 Å². The largest absolute Gasteiger partial charge is 0.358 e. The molecule has 1 heterocycles. The summed E-state index contributed by atoms with van der Waals surface area (Å²) in [4.78, 5) is 4.36. The quantitative estimate of drug-likeness (QED) is 0.917. The molecule has 16 heavy (non-hydrogen) atoms. The smallest absolute Gasteiger partial charge is 0.207 e. The molecule has 0 unspecified atom stereocenters. The van der Waals surface area contributed by atoms with Gasteiger partial charge in [-0.15, -0.1) is 0 Å². The molecule has 1 N–H and O–H groups in total. The topological polar surface area (TPSA) is 29.9 Å². The number of anilines is 1. The van der Waals surface area contributed by atoms with Crippen LogP contribution in [-0.4, -0.2) is 16.6 Å². The third-order valence-electron chi connectivity index (χ3n) is 2.22. The van der Waals surface area contributed by atoms with Crippen LogP contribution in [0.2, 0.25) is 5.02 Å². The predicted octanol–water partition coefficient (Wildman–Crippen LogP) is 3.64. The fourth-order valence-corrected chi connectivity index (χ4v) is 2.13. The molecule has 0 amide bonds. The van der Waals surface area contributed by atoms with Gasteiger partial charge in [-0.1, -0.05) is 11.6 Å². The average Bonchev–Trinajstić information content (AvgIpc) is 2.63. The van der Waals surface area contributed by atoms with E-state index in [0.29, 0.717) is 5.02 Å². The second kappa shape index (κ2) is 4.47.